The Morgan fingerprint density at radius 1 is 1.30 bits per heavy atom. The van der Waals surface area contributed by atoms with Crippen molar-refractivity contribution in [2.24, 2.45) is 5.92 Å². The van der Waals surface area contributed by atoms with E-state index in [9.17, 15) is 0 Å². The zero-order valence-electron chi connectivity index (χ0n) is 12.2. The predicted molar refractivity (Wildman–Crippen MR) is 80.3 cm³/mol. The second-order valence-corrected chi connectivity index (χ2v) is 6.14. The molecule has 0 spiro atoms. The fourth-order valence-corrected chi connectivity index (χ4v) is 3.87. The number of rotatable bonds is 3. The Labute approximate surface area is 125 Å². The van der Waals surface area contributed by atoms with Crippen molar-refractivity contribution in [3.05, 3.63) is 16.5 Å². The minimum Gasteiger partial charge on any atom is -0.378 e. The molecule has 1 aromatic heterocycles. The van der Waals surface area contributed by atoms with Crippen LogP contribution in [0.25, 0.3) is 0 Å². The van der Waals surface area contributed by atoms with Crippen molar-refractivity contribution in [3.8, 4) is 0 Å². The Bertz CT molecular complexity index is 494. The quantitative estimate of drug-likeness (QED) is 0.869. The molecule has 2 aliphatic rings. The first kappa shape index (κ1) is 14.1. The van der Waals surface area contributed by atoms with Crippen LogP contribution in [0.5, 0.6) is 0 Å². The van der Waals surface area contributed by atoms with E-state index in [0.717, 1.165) is 36.7 Å². The summed E-state index contributed by atoms with van der Waals surface area (Å²) in [5, 5.41) is 4.22. The molecule has 3 atom stereocenters. The van der Waals surface area contributed by atoms with Gasteiger partial charge in [-0.3, -0.25) is 0 Å². The third-order valence-corrected chi connectivity index (χ3v) is 4.84. The van der Waals surface area contributed by atoms with Gasteiger partial charge in [-0.05, 0) is 39.0 Å². The van der Waals surface area contributed by atoms with Crippen molar-refractivity contribution < 1.29 is 4.74 Å². The third kappa shape index (κ3) is 2.63. The van der Waals surface area contributed by atoms with Gasteiger partial charge < -0.3 is 10.1 Å². The first-order valence-corrected chi connectivity index (χ1v) is 7.98. The fourth-order valence-electron chi connectivity index (χ4n) is 3.52. The van der Waals surface area contributed by atoms with Crippen molar-refractivity contribution in [3.63, 3.8) is 0 Å². The molecule has 3 rings (SSSR count). The topological polar surface area (TPSA) is 47.0 Å². The van der Waals surface area contributed by atoms with Crippen molar-refractivity contribution in [1.82, 2.24) is 9.97 Å². The summed E-state index contributed by atoms with van der Waals surface area (Å²) in [7, 11) is 0. The number of halogens is 1. The molecule has 2 heterocycles. The lowest BCUT2D eigenvalue weighted by Crippen LogP contribution is -2.38. The summed E-state index contributed by atoms with van der Waals surface area (Å²) in [6.45, 7) is 4.88. The molecule has 1 aliphatic carbocycles. The molecule has 1 aromatic rings. The van der Waals surface area contributed by atoms with Gasteiger partial charge >= 0.3 is 0 Å². The first-order chi connectivity index (χ1) is 9.69. The number of hydrogen-bond donors (Lipinski definition) is 1. The predicted octanol–water partition coefficient (Wildman–Crippen LogP) is 3.37. The number of nitrogens with zero attached hydrogens (tertiary/aromatic N) is 2. The van der Waals surface area contributed by atoms with Gasteiger partial charge in [0.1, 0.15) is 16.8 Å². The van der Waals surface area contributed by atoms with Crippen LogP contribution in [-0.2, 0) is 11.2 Å². The summed E-state index contributed by atoms with van der Waals surface area (Å²) in [6, 6.07) is 0.451. The van der Waals surface area contributed by atoms with E-state index >= 15 is 0 Å². The van der Waals surface area contributed by atoms with Crippen LogP contribution in [-0.4, -0.2) is 28.7 Å². The molecule has 20 heavy (non-hydrogen) atoms. The molecule has 4 nitrogen and oxygen atoms in total. The fraction of sp³-hybridized carbons (Fsp3) is 0.733. The highest BCUT2D eigenvalue weighted by molar-refractivity contribution is 6.30. The van der Waals surface area contributed by atoms with Crippen LogP contribution >= 0.6 is 11.6 Å². The van der Waals surface area contributed by atoms with Gasteiger partial charge in [-0.2, -0.15) is 0 Å². The Kier molecular flexibility index (Phi) is 4.13. The van der Waals surface area contributed by atoms with Crippen molar-refractivity contribution in [2.75, 3.05) is 11.9 Å². The second kappa shape index (κ2) is 5.86. The Morgan fingerprint density at radius 3 is 2.95 bits per heavy atom. The molecule has 3 unspecified atom stereocenters. The van der Waals surface area contributed by atoms with Crippen LogP contribution in [0.3, 0.4) is 0 Å². The molecular formula is C15H22ClN3O. The van der Waals surface area contributed by atoms with Gasteiger partial charge in [-0.15, -0.1) is 0 Å². The number of anilines is 1. The largest absolute Gasteiger partial charge is 0.378 e. The maximum absolute atomic E-state index is 6.25. The van der Waals surface area contributed by atoms with Crippen LogP contribution in [0.2, 0.25) is 5.15 Å². The van der Waals surface area contributed by atoms with Crippen LogP contribution in [0.4, 0.5) is 5.82 Å². The summed E-state index contributed by atoms with van der Waals surface area (Å²) in [5.41, 5.74) is 1.03. The van der Waals surface area contributed by atoms with Gasteiger partial charge in [0.25, 0.3) is 0 Å². The standard InChI is InChI=1S/C15H22ClN3O/c1-3-10-14(16)17-9(2)18-15(10)19-12-5-4-6-13-11(12)7-8-20-13/h11-13H,3-8H2,1-2H3,(H,17,18,19). The molecule has 0 amide bonds. The lowest BCUT2D eigenvalue weighted by Gasteiger charge is -2.34. The Morgan fingerprint density at radius 2 is 2.15 bits per heavy atom. The number of fused-ring (bicyclic) bond motifs is 1. The van der Waals surface area contributed by atoms with Gasteiger partial charge in [0, 0.05) is 24.1 Å². The summed E-state index contributed by atoms with van der Waals surface area (Å²) < 4.78 is 5.83. The van der Waals surface area contributed by atoms with Crippen molar-refractivity contribution >= 4 is 17.4 Å². The molecule has 0 aromatic carbocycles. The Balaban J connectivity index is 1.83. The van der Waals surface area contributed by atoms with Crippen LogP contribution in [0.15, 0.2) is 0 Å². The molecular weight excluding hydrogens is 274 g/mol. The Hall–Kier alpha value is -0.870. The summed E-state index contributed by atoms with van der Waals surface area (Å²) >= 11 is 6.25. The maximum atomic E-state index is 6.25. The molecule has 5 heteroatoms. The smallest absolute Gasteiger partial charge is 0.138 e. The summed E-state index contributed by atoms with van der Waals surface area (Å²) in [6.07, 6.45) is 6.05. The van der Waals surface area contributed by atoms with E-state index in [2.05, 4.69) is 22.2 Å². The van der Waals surface area contributed by atoms with Gasteiger partial charge in [0.15, 0.2) is 0 Å². The second-order valence-electron chi connectivity index (χ2n) is 5.79. The zero-order chi connectivity index (χ0) is 14.1. The van der Waals surface area contributed by atoms with E-state index < -0.39 is 0 Å². The van der Waals surface area contributed by atoms with Gasteiger partial charge in [-0.25, -0.2) is 9.97 Å². The highest BCUT2D eigenvalue weighted by Crippen LogP contribution is 2.36. The maximum Gasteiger partial charge on any atom is 0.138 e. The van der Waals surface area contributed by atoms with E-state index in [0.29, 0.717) is 23.2 Å². The lowest BCUT2D eigenvalue weighted by atomic mass is 9.82. The number of aryl methyl sites for hydroxylation is 1. The SMILES string of the molecule is CCc1c(Cl)nc(C)nc1NC1CCCC2OCCC12. The average Bonchev–Trinajstić information content (AvgIpc) is 2.87. The van der Waals surface area contributed by atoms with Gasteiger partial charge in [0.05, 0.1) is 6.10 Å². The molecule has 1 N–H and O–H groups in total. The van der Waals surface area contributed by atoms with Gasteiger partial charge in [0.2, 0.25) is 0 Å². The van der Waals surface area contributed by atoms with Crippen LogP contribution in [0.1, 0.15) is 44.0 Å². The molecule has 1 aliphatic heterocycles. The first-order valence-electron chi connectivity index (χ1n) is 7.60. The number of hydrogen-bond acceptors (Lipinski definition) is 4. The minimum absolute atomic E-state index is 0.435. The van der Waals surface area contributed by atoms with Crippen molar-refractivity contribution in [1.29, 1.82) is 0 Å². The summed E-state index contributed by atoms with van der Waals surface area (Å²) in [4.78, 5) is 8.82. The molecule has 0 radical (unpaired) electrons. The lowest BCUT2D eigenvalue weighted by molar-refractivity contribution is 0.0619. The number of nitrogens with one attached hydrogen (secondary N) is 1. The highest BCUT2D eigenvalue weighted by atomic mass is 35.5. The van der Waals surface area contributed by atoms with Crippen LogP contribution in [0, 0.1) is 12.8 Å². The molecule has 110 valence electrons. The van der Waals surface area contributed by atoms with E-state index in [1.165, 1.54) is 19.3 Å². The molecule has 1 saturated carbocycles. The van der Waals surface area contributed by atoms with E-state index in [1.807, 2.05) is 6.92 Å². The van der Waals surface area contributed by atoms with E-state index in [-0.39, 0.29) is 0 Å². The highest BCUT2D eigenvalue weighted by Gasteiger charge is 2.38. The zero-order valence-corrected chi connectivity index (χ0v) is 12.9. The van der Waals surface area contributed by atoms with Crippen molar-refractivity contribution in [2.45, 2.75) is 58.1 Å². The van der Waals surface area contributed by atoms with E-state index in [1.54, 1.807) is 0 Å². The van der Waals surface area contributed by atoms with Crippen LogP contribution < -0.4 is 5.32 Å². The van der Waals surface area contributed by atoms with Gasteiger partial charge in [-0.1, -0.05) is 18.5 Å². The summed E-state index contributed by atoms with van der Waals surface area (Å²) in [5.74, 6) is 2.26. The van der Waals surface area contributed by atoms with E-state index in [4.69, 9.17) is 16.3 Å². The number of ether oxygens (including phenoxy) is 1. The average molecular weight is 296 g/mol. The normalized spacial score (nSPS) is 29.2. The molecule has 1 saturated heterocycles. The minimum atomic E-state index is 0.435. The third-order valence-electron chi connectivity index (χ3n) is 4.53. The molecule has 2 fully saturated rings. The number of aromatic nitrogens is 2. The molecule has 0 bridgehead atoms. The monoisotopic (exact) mass is 295 g/mol.